The van der Waals surface area contributed by atoms with E-state index in [9.17, 15) is 24.3 Å². The van der Waals surface area contributed by atoms with Gasteiger partial charge in [-0.3, -0.25) is 9.59 Å². The van der Waals surface area contributed by atoms with E-state index in [0.29, 0.717) is 34.4 Å². The molecule has 0 bridgehead atoms. The van der Waals surface area contributed by atoms with E-state index in [0.717, 1.165) is 10.9 Å². The van der Waals surface area contributed by atoms with Crippen molar-refractivity contribution in [1.82, 2.24) is 10.6 Å². The average Bonchev–Trinajstić information content (AvgIpc) is 2.90. The summed E-state index contributed by atoms with van der Waals surface area (Å²) in [5.41, 5.74) is 2.17. The van der Waals surface area contributed by atoms with Gasteiger partial charge in [0.2, 0.25) is 11.8 Å². The van der Waals surface area contributed by atoms with E-state index < -0.39 is 35.5 Å². The van der Waals surface area contributed by atoms with Gasteiger partial charge in [-0.25, -0.2) is 9.59 Å². The predicted molar refractivity (Wildman–Crippen MR) is 143 cm³/mol. The molecule has 3 N–H and O–H groups in total. The van der Waals surface area contributed by atoms with Crippen LogP contribution in [0.2, 0.25) is 0 Å². The van der Waals surface area contributed by atoms with Crippen LogP contribution < -0.4 is 21.0 Å². The van der Waals surface area contributed by atoms with Gasteiger partial charge >= 0.3 is 11.6 Å². The van der Waals surface area contributed by atoms with Crippen molar-refractivity contribution in [2.75, 3.05) is 7.11 Å². The average molecular weight is 523 g/mol. The number of nitrogens with one attached hydrogen (secondary N) is 2. The van der Waals surface area contributed by atoms with Gasteiger partial charge in [-0.15, -0.1) is 0 Å². The van der Waals surface area contributed by atoms with Crippen LogP contribution in [0.5, 0.6) is 5.75 Å². The molecule has 0 aliphatic heterocycles. The lowest BCUT2D eigenvalue weighted by molar-refractivity contribution is -0.142. The van der Waals surface area contributed by atoms with Crippen LogP contribution in [0.1, 0.15) is 55.0 Å². The molecule has 0 fully saturated rings. The van der Waals surface area contributed by atoms with E-state index >= 15 is 0 Å². The lowest BCUT2D eigenvalue weighted by Gasteiger charge is -2.25. The fraction of sp³-hybridized carbons (Fsp3) is 0.379. The molecule has 2 amide bonds. The van der Waals surface area contributed by atoms with Crippen LogP contribution in [0.25, 0.3) is 11.0 Å². The van der Waals surface area contributed by atoms with E-state index in [1.165, 1.54) is 0 Å². The molecule has 0 saturated heterocycles. The number of carboxylic acids is 1. The van der Waals surface area contributed by atoms with Gasteiger partial charge in [-0.1, -0.05) is 50.6 Å². The summed E-state index contributed by atoms with van der Waals surface area (Å²) in [5, 5.41) is 15.7. The number of carboxylic acid groups (broad SMARTS) is 1. The van der Waals surface area contributed by atoms with Gasteiger partial charge in [0.05, 0.1) is 7.11 Å². The first kappa shape index (κ1) is 28.4. The third kappa shape index (κ3) is 6.22. The van der Waals surface area contributed by atoms with Gasteiger partial charge in [0.15, 0.2) is 6.04 Å². The summed E-state index contributed by atoms with van der Waals surface area (Å²) in [6.45, 7) is 7.30. The van der Waals surface area contributed by atoms with Crippen molar-refractivity contribution in [3.63, 3.8) is 0 Å². The topological polar surface area (TPSA) is 135 Å². The quantitative estimate of drug-likeness (QED) is 0.326. The van der Waals surface area contributed by atoms with Crippen molar-refractivity contribution in [3.8, 4) is 5.75 Å². The summed E-state index contributed by atoms with van der Waals surface area (Å²) in [6.07, 6.45) is 0.656. The molecule has 3 unspecified atom stereocenters. The van der Waals surface area contributed by atoms with Gasteiger partial charge in [-0.2, -0.15) is 0 Å². The Labute approximate surface area is 221 Å². The molecule has 2 aromatic carbocycles. The first-order chi connectivity index (χ1) is 18.1. The number of benzene rings is 2. The summed E-state index contributed by atoms with van der Waals surface area (Å²) in [4.78, 5) is 50.6. The molecule has 0 spiro atoms. The number of hydrogen-bond acceptors (Lipinski definition) is 6. The van der Waals surface area contributed by atoms with E-state index in [1.807, 2.05) is 33.8 Å². The van der Waals surface area contributed by atoms with Gasteiger partial charge < -0.3 is 24.9 Å². The molecule has 0 radical (unpaired) electrons. The molecular weight excluding hydrogens is 488 g/mol. The second kappa shape index (κ2) is 12.4. The Kier molecular flexibility index (Phi) is 9.28. The Morgan fingerprint density at radius 2 is 1.71 bits per heavy atom. The lowest BCUT2D eigenvalue weighted by atomic mass is 9.96. The standard InChI is InChI=1S/C29H34N2O7/c1-6-16(2)24(27(33)31-25(28(34)35)19-10-8-7-9-11-19)30-23(32)15-13-21-17(3)20-12-14-22(37-5)18(4)26(20)38-29(21)36/h7-12,14,16,24-25H,6,13,15H2,1-5H3,(H,30,32)(H,31,33)(H,34,35). The zero-order chi connectivity index (χ0) is 28.0. The highest BCUT2D eigenvalue weighted by atomic mass is 16.5. The van der Waals surface area contributed by atoms with E-state index in [2.05, 4.69) is 10.6 Å². The Balaban J connectivity index is 1.76. The zero-order valence-corrected chi connectivity index (χ0v) is 22.3. The monoisotopic (exact) mass is 522 g/mol. The lowest BCUT2D eigenvalue weighted by Crippen LogP contribution is -2.51. The number of carbonyl (C=O) groups is 3. The van der Waals surface area contributed by atoms with Crippen molar-refractivity contribution in [2.24, 2.45) is 5.92 Å². The maximum Gasteiger partial charge on any atom is 0.339 e. The van der Waals surface area contributed by atoms with Gasteiger partial charge in [0, 0.05) is 22.9 Å². The van der Waals surface area contributed by atoms with Crippen molar-refractivity contribution >= 4 is 28.8 Å². The second-order valence-corrected chi connectivity index (χ2v) is 9.38. The van der Waals surface area contributed by atoms with Crippen LogP contribution in [0.4, 0.5) is 0 Å². The van der Waals surface area contributed by atoms with Crippen LogP contribution >= 0.6 is 0 Å². The zero-order valence-electron chi connectivity index (χ0n) is 22.3. The van der Waals surface area contributed by atoms with Crippen LogP contribution in [0, 0.1) is 19.8 Å². The Morgan fingerprint density at radius 3 is 2.32 bits per heavy atom. The van der Waals surface area contributed by atoms with Gasteiger partial charge in [-0.05, 0) is 49.4 Å². The van der Waals surface area contributed by atoms with Gasteiger partial charge in [0.25, 0.3) is 0 Å². The summed E-state index contributed by atoms with van der Waals surface area (Å²) < 4.78 is 10.9. The fourth-order valence-corrected chi connectivity index (χ4v) is 4.43. The number of rotatable bonds is 11. The first-order valence-corrected chi connectivity index (χ1v) is 12.6. The predicted octanol–water partition coefficient (Wildman–Crippen LogP) is 3.82. The van der Waals surface area contributed by atoms with E-state index in [1.54, 1.807) is 43.5 Å². The Bertz CT molecular complexity index is 1380. The molecular formula is C29H34N2O7. The molecule has 3 aromatic rings. The minimum absolute atomic E-state index is 0.0481. The Hall–Kier alpha value is -4.14. The maximum absolute atomic E-state index is 13.1. The third-order valence-electron chi connectivity index (χ3n) is 6.95. The number of fused-ring (bicyclic) bond motifs is 1. The molecule has 38 heavy (non-hydrogen) atoms. The highest BCUT2D eigenvalue weighted by Crippen LogP contribution is 2.29. The highest BCUT2D eigenvalue weighted by molar-refractivity contribution is 5.91. The maximum atomic E-state index is 13.1. The number of amides is 2. The molecule has 9 heteroatoms. The molecule has 1 heterocycles. The molecule has 1 aromatic heterocycles. The number of carbonyl (C=O) groups excluding carboxylic acids is 2. The third-order valence-corrected chi connectivity index (χ3v) is 6.95. The Morgan fingerprint density at radius 1 is 1.03 bits per heavy atom. The van der Waals surface area contributed by atoms with Crippen molar-refractivity contribution in [1.29, 1.82) is 0 Å². The number of aliphatic carboxylic acids is 1. The highest BCUT2D eigenvalue weighted by Gasteiger charge is 2.30. The molecule has 3 atom stereocenters. The second-order valence-electron chi connectivity index (χ2n) is 9.38. The largest absolute Gasteiger partial charge is 0.496 e. The van der Waals surface area contributed by atoms with Crippen molar-refractivity contribution in [3.05, 3.63) is 75.1 Å². The number of ether oxygens (including phenoxy) is 1. The van der Waals surface area contributed by atoms with Crippen LogP contribution in [0.3, 0.4) is 0 Å². The van der Waals surface area contributed by atoms with Crippen LogP contribution in [-0.4, -0.2) is 36.0 Å². The molecule has 0 saturated carbocycles. The van der Waals surface area contributed by atoms with E-state index in [4.69, 9.17) is 9.15 Å². The fourth-order valence-electron chi connectivity index (χ4n) is 4.43. The van der Waals surface area contributed by atoms with Crippen molar-refractivity contribution < 1.29 is 28.6 Å². The minimum atomic E-state index is -1.25. The molecule has 9 nitrogen and oxygen atoms in total. The summed E-state index contributed by atoms with van der Waals surface area (Å²) in [5.74, 6) is -1.87. The first-order valence-electron chi connectivity index (χ1n) is 12.6. The van der Waals surface area contributed by atoms with Crippen LogP contribution in [-0.2, 0) is 20.8 Å². The van der Waals surface area contributed by atoms with Crippen molar-refractivity contribution in [2.45, 2.75) is 59.0 Å². The smallest absolute Gasteiger partial charge is 0.339 e. The number of aryl methyl sites for hydroxylation is 2. The number of methoxy groups -OCH3 is 1. The van der Waals surface area contributed by atoms with Crippen LogP contribution in [0.15, 0.2) is 51.7 Å². The SMILES string of the molecule is CCC(C)C(NC(=O)CCc1c(C)c2ccc(OC)c(C)c2oc1=O)C(=O)NC(C(=O)O)c1ccccc1. The summed E-state index contributed by atoms with van der Waals surface area (Å²) >= 11 is 0. The molecule has 202 valence electrons. The normalized spacial score (nSPS) is 13.4. The number of hydrogen-bond donors (Lipinski definition) is 3. The molecule has 0 aliphatic rings. The molecule has 3 rings (SSSR count). The van der Waals surface area contributed by atoms with E-state index in [-0.39, 0.29) is 18.8 Å². The summed E-state index contributed by atoms with van der Waals surface area (Å²) in [7, 11) is 1.54. The molecule has 0 aliphatic carbocycles. The minimum Gasteiger partial charge on any atom is -0.496 e. The summed E-state index contributed by atoms with van der Waals surface area (Å²) in [6, 6.07) is 9.79. The van der Waals surface area contributed by atoms with Gasteiger partial charge in [0.1, 0.15) is 17.4 Å².